The summed E-state index contributed by atoms with van der Waals surface area (Å²) >= 11 is 0. The van der Waals surface area contributed by atoms with Gasteiger partial charge in [0.2, 0.25) is 0 Å². The molecule has 2 saturated heterocycles. The number of ether oxygens (including phenoxy) is 1. The van der Waals surface area contributed by atoms with Gasteiger partial charge in [-0.1, -0.05) is 18.2 Å². The molecule has 3 heterocycles. The highest BCUT2D eigenvalue weighted by atomic mass is 16.5. The summed E-state index contributed by atoms with van der Waals surface area (Å²) in [5.74, 6) is 1.63. The minimum absolute atomic E-state index is 0.337. The summed E-state index contributed by atoms with van der Waals surface area (Å²) in [5, 5.41) is 13.7. The van der Waals surface area contributed by atoms with Crippen LogP contribution in [0.15, 0.2) is 35.6 Å². The smallest absolute Gasteiger partial charge is 0.191 e. The maximum Gasteiger partial charge on any atom is 0.191 e. The third-order valence-corrected chi connectivity index (χ3v) is 4.81. The number of aliphatic imine (C=N–C) groups is 1. The molecule has 0 spiro atoms. The van der Waals surface area contributed by atoms with Crippen molar-refractivity contribution in [3.05, 3.63) is 36.2 Å². The van der Waals surface area contributed by atoms with Gasteiger partial charge >= 0.3 is 0 Å². The number of guanidine groups is 1. The Kier molecular flexibility index (Phi) is 4.65. The lowest BCUT2D eigenvalue weighted by Gasteiger charge is -2.22. The van der Waals surface area contributed by atoms with Gasteiger partial charge in [-0.05, 0) is 37.8 Å². The zero-order valence-corrected chi connectivity index (χ0v) is 14.4. The van der Waals surface area contributed by atoms with E-state index in [1.165, 1.54) is 12.7 Å². The van der Waals surface area contributed by atoms with Gasteiger partial charge in [-0.25, -0.2) is 9.98 Å². The van der Waals surface area contributed by atoms with Crippen molar-refractivity contribution >= 4 is 5.96 Å². The van der Waals surface area contributed by atoms with Gasteiger partial charge in [-0.2, -0.15) is 5.10 Å². The predicted octanol–water partition coefficient (Wildman–Crippen LogP) is 1.85. The molecular formula is C18H24N6O. The Morgan fingerprint density at radius 2 is 2.36 bits per heavy atom. The lowest BCUT2D eigenvalue weighted by molar-refractivity contribution is 0.0992. The Balaban J connectivity index is 1.43. The summed E-state index contributed by atoms with van der Waals surface area (Å²) in [6, 6.07) is 8.58. The molecule has 2 bridgehead atoms. The van der Waals surface area contributed by atoms with E-state index in [2.05, 4.69) is 44.9 Å². The minimum atomic E-state index is 0.337. The van der Waals surface area contributed by atoms with Gasteiger partial charge < -0.3 is 15.4 Å². The first kappa shape index (κ1) is 16.1. The molecule has 0 amide bonds. The second-order valence-corrected chi connectivity index (χ2v) is 6.59. The summed E-state index contributed by atoms with van der Waals surface area (Å²) in [7, 11) is 0. The number of benzene rings is 1. The Labute approximate surface area is 147 Å². The van der Waals surface area contributed by atoms with E-state index >= 15 is 0 Å². The number of aromatic amines is 1. The van der Waals surface area contributed by atoms with Crippen LogP contribution >= 0.6 is 0 Å². The Hall–Kier alpha value is -2.41. The van der Waals surface area contributed by atoms with Crippen molar-refractivity contribution in [1.82, 2.24) is 25.8 Å². The molecule has 25 heavy (non-hydrogen) atoms. The lowest BCUT2D eigenvalue weighted by atomic mass is 9.96. The van der Waals surface area contributed by atoms with Gasteiger partial charge in [0.25, 0.3) is 0 Å². The van der Waals surface area contributed by atoms with Crippen LogP contribution in [0.1, 0.15) is 31.7 Å². The molecule has 2 aromatic rings. The van der Waals surface area contributed by atoms with E-state index < -0.39 is 0 Å². The summed E-state index contributed by atoms with van der Waals surface area (Å²) in [4.78, 5) is 8.95. The molecule has 132 valence electrons. The van der Waals surface area contributed by atoms with Gasteiger partial charge in [-0.3, -0.25) is 5.10 Å². The third kappa shape index (κ3) is 3.66. The molecule has 3 N–H and O–H groups in total. The predicted molar refractivity (Wildman–Crippen MR) is 96.1 cm³/mol. The first-order valence-corrected chi connectivity index (χ1v) is 8.97. The number of hydrogen-bond acceptors (Lipinski definition) is 4. The number of H-pyrrole nitrogens is 1. The highest BCUT2D eigenvalue weighted by Crippen LogP contribution is 2.34. The van der Waals surface area contributed by atoms with Crippen LogP contribution < -0.4 is 10.6 Å². The number of hydrogen-bond donors (Lipinski definition) is 3. The Morgan fingerprint density at radius 1 is 1.40 bits per heavy atom. The van der Waals surface area contributed by atoms with Gasteiger partial charge in [0.15, 0.2) is 11.8 Å². The summed E-state index contributed by atoms with van der Waals surface area (Å²) in [6.45, 7) is 3.53. The number of nitrogens with one attached hydrogen (secondary N) is 3. The van der Waals surface area contributed by atoms with E-state index in [4.69, 9.17) is 9.73 Å². The number of nitrogens with zero attached hydrogens (tertiary/aromatic N) is 3. The molecule has 3 unspecified atom stereocenters. The van der Waals surface area contributed by atoms with Crippen LogP contribution in [-0.2, 0) is 11.3 Å². The zero-order chi connectivity index (χ0) is 17.1. The van der Waals surface area contributed by atoms with E-state index in [-0.39, 0.29) is 0 Å². The fourth-order valence-corrected chi connectivity index (χ4v) is 3.62. The molecule has 1 aromatic carbocycles. The summed E-state index contributed by atoms with van der Waals surface area (Å²) in [6.07, 6.45) is 5.72. The quantitative estimate of drug-likeness (QED) is 0.571. The molecule has 2 aliphatic heterocycles. The van der Waals surface area contributed by atoms with Crippen molar-refractivity contribution in [2.75, 3.05) is 6.54 Å². The molecule has 7 heteroatoms. The van der Waals surface area contributed by atoms with E-state index in [1.807, 2.05) is 12.1 Å². The summed E-state index contributed by atoms with van der Waals surface area (Å²) in [5.41, 5.74) is 2.15. The van der Waals surface area contributed by atoms with Crippen LogP contribution in [0.25, 0.3) is 11.4 Å². The summed E-state index contributed by atoms with van der Waals surface area (Å²) < 4.78 is 5.92. The van der Waals surface area contributed by atoms with Crippen molar-refractivity contribution in [3.63, 3.8) is 0 Å². The molecule has 0 radical (unpaired) electrons. The van der Waals surface area contributed by atoms with E-state index in [1.54, 1.807) is 0 Å². The Morgan fingerprint density at radius 3 is 3.08 bits per heavy atom. The van der Waals surface area contributed by atoms with Crippen LogP contribution in [0, 0.1) is 0 Å². The zero-order valence-electron chi connectivity index (χ0n) is 14.4. The molecular weight excluding hydrogens is 316 g/mol. The highest BCUT2D eigenvalue weighted by Gasteiger charge is 2.41. The molecule has 7 nitrogen and oxygen atoms in total. The maximum atomic E-state index is 5.92. The monoisotopic (exact) mass is 340 g/mol. The van der Waals surface area contributed by atoms with Crippen LogP contribution in [0.3, 0.4) is 0 Å². The molecule has 2 aliphatic rings. The molecule has 2 fully saturated rings. The lowest BCUT2D eigenvalue weighted by Crippen LogP contribution is -2.47. The second-order valence-electron chi connectivity index (χ2n) is 6.59. The average molecular weight is 340 g/mol. The second kappa shape index (κ2) is 7.23. The normalized spacial score (nSPS) is 25.3. The topological polar surface area (TPSA) is 87.2 Å². The van der Waals surface area contributed by atoms with Crippen LogP contribution in [0.5, 0.6) is 0 Å². The van der Waals surface area contributed by atoms with Crippen molar-refractivity contribution in [1.29, 1.82) is 0 Å². The highest BCUT2D eigenvalue weighted by molar-refractivity contribution is 5.80. The number of aromatic nitrogens is 3. The van der Waals surface area contributed by atoms with Gasteiger partial charge in [0, 0.05) is 12.1 Å². The van der Waals surface area contributed by atoms with Crippen LogP contribution in [0.4, 0.5) is 0 Å². The van der Waals surface area contributed by atoms with Crippen LogP contribution in [0.2, 0.25) is 0 Å². The van der Waals surface area contributed by atoms with E-state index in [9.17, 15) is 0 Å². The largest absolute Gasteiger partial charge is 0.373 e. The van der Waals surface area contributed by atoms with Crippen LogP contribution in [-0.4, -0.2) is 45.9 Å². The SMILES string of the molecule is CCNC(=NCc1cccc(-c2ncn[nH]2)c1)NC1CC2CCC1O2. The van der Waals surface area contributed by atoms with E-state index in [0.717, 1.165) is 42.3 Å². The first-order valence-electron chi connectivity index (χ1n) is 8.97. The Bertz CT molecular complexity index is 729. The van der Waals surface area contributed by atoms with E-state index in [0.29, 0.717) is 24.8 Å². The van der Waals surface area contributed by atoms with Gasteiger partial charge in [-0.15, -0.1) is 0 Å². The van der Waals surface area contributed by atoms with Gasteiger partial charge in [0.1, 0.15) is 6.33 Å². The van der Waals surface area contributed by atoms with Gasteiger partial charge in [0.05, 0.1) is 24.8 Å². The fourth-order valence-electron chi connectivity index (χ4n) is 3.62. The average Bonchev–Trinajstić information content (AvgIpc) is 3.38. The molecule has 1 aromatic heterocycles. The number of fused-ring (bicyclic) bond motifs is 2. The first-order chi connectivity index (χ1) is 12.3. The van der Waals surface area contributed by atoms with Crippen molar-refractivity contribution < 1.29 is 4.74 Å². The third-order valence-electron chi connectivity index (χ3n) is 4.81. The van der Waals surface area contributed by atoms with Crippen molar-refractivity contribution in [3.8, 4) is 11.4 Å². The molecule has 3 atom stereocenters. The minimum Gasteiger partial charge on any atom is -0.373 e. The fraction of sp³-hybridized carbons (Fsp3) is 0.500. The molecule has 0 saturated carbocycles. The number of rotatable bonds is 5. The maximum absolute atomic E-state index is 5.92. The van der Waals surface area contributed by atoms with Crippen molar-refractivity contribution in [2.45, 2.75) is 51.0 Å². The molecule has 4 rings (SSSR count). The van der Waals surface area contributed by atoms with Crippen molar-refractivity contribution in [2.24, 2.45) is 4.99 Å². The standard InChI is InChI=1S/C18H24N6O/c1-2-19-18(23-15-9-14-6-7-16(15)25-14)20-10-12-4-3-5-13(8-12)17-21-11-22-24-17/h3-5,8,11,14-16H,2,6-7,9-10H2,1H3,(H2,19,20,23)(H,21,22,24). The molecule has 0 aliphatic carbocycles.